The molecule has 0 saturated carbocycles. The number of aromatic nitrogens is 2. The number of methoxy groups -OCH3 is 2. The van der Waals surface area contributed by atoms with Crippen LogP contribution in [0, 0.1) is 0 Å². The van der Waals surface area contributed by atoms with Crippen LogP contribution >= 0.6 is 50.6 Å². The molecule has 1 aliphatic heterocycles. The smallest absolute Gasteiger partial charge is 0.301 e. The van der Waals surface area contributed by atoms with Gasteiger partial charge in [-0.2, -0.15) is 0 Å². The highest BCUT2D eigenvalue weighted by molar-refractivity contribution is 9.10. The number of aliphatic hydroxyl groups is 1. The Hall–Kier alpha value is -3.58. The van der Waals surface area contributed by atoms with Crippen LogP contribution in [0.3, 0.4) is 0 Å². The SMILES string of the molecule is COc1ccc(/C(O)=C2/C(=O)C(=O)N(c3nnc(SCc4ccccc4Cl)s3)C2c2cc(Br)c(O)c(OC)c2)cc1. The highest BCUT2D eigenvalue weighted by atomic mass is 79.9. The van der Waals surface area contributed by atoms with Crippen molar-refractivity contribution in [3.05, 3.63) is 92.4 Å². The van der Waals surface area contributed by atoms with Crippen LogP contribution in [0.4, 0.5) is 5.13 Å². The maximum absolute atomic E-state index is 13.5. The van der Waals surface area contributed by atoms with Crippen LogP contribution in [0.5, 0.6) is 17.2 Å². The number of thioether (sulfide) groups is 1. The van der Waals surface area contributed by atoms with Gasteiger partial charge in [0, 0.05) is 16.3 Å². The molecule has 1 aromatic heterocycles. The van der Waals surface area contributed by atoms with E-state index in [0.717, 1.165) is 16.9 Å². The van der Waals surface area contributed by atoms with Crippen molar-refractivity contribution in [2.45, 2.75) is 16.1 Å². The van der Waals surface area contributed by atoms with E-state index < -0.39 is 17.7 Å². The molecule has 1 aliphatic rings. The molecule has 41 heavy (non-hydrogen) atoms. The molecule has 5 rings (SSSR count). The highest BCUT2D eigenvalue weighted by Gasteiger charge is 2.48. The fourth-order valence-corrected chi connectivity index (χ4v) is 6.88. The van der Waals surface area contributed by atoms with Gasteiger partial charge in [0.05, 0.1) is 30.3 Å². The third-order valence-electron chi connectivity index (χ3n) is 6.31. The molecule has 1 unspecified atom stereocenters. The van der Waals surface area contributed by atoms with Gasteiger partial charge in [-0.3, -0.25) is 14.5 Å². The fraction of sp³-hybridized carbons (Fsp3) is 0.143. The van der Waals surface area contributed by atoms with E-state index in [2.05, 4.69) is 26.1 Å². The lowest BCUT2D eigenvalue weighted by Gasteiger charge is -2.23. The number of hydrogen-bond donors (Lipinski definition) is 2. The van der Waals surface area contributed by atoms with Crippen molar-refractivity contribution in [2.75, 3.05) is 19.1 Å². The molecule has 2 heterocycles. The number of nitrogens with zero attached hydrogens (tertiary/aromatic N) is 3. The predicted octanol–water partition coefficient (Wildman–Crippen LogP) is 6.60. The van der Waals surface area contributed by atoms with E-state index in [0.29, 0.717) is 32.0 Å². The summed E-state index contributed by atoms with van der Waals surface area (Å²) in [6, 6.07) is 15.8. The Balaban J connectivity index is 1.60. The van der Waals surface area contributed by atoms with E-state index in [-0.39, 0.29) is 32.4 Å². The second-order valence-electron chi connectivity index (χ2n) is 8.68. The number of halogens is 2. The second kappa shape index (κ2) is 12.1. The first kappa shape index (κ1) is 28.9. The van der Waals surface area contributed by atoms with Crippen LogP contribution in [0.1, 0.15) is 22.7 Å². The number of carbonyl (C=O) groups excluding carboxylic acids is 2. The molecule has 1 fully saturated rings. The molecular weight excluding hydrogens is 654 g/mol. The number of carbonyl (C=O) groups is 2. The van der Waals surface area contributed by atoms with Gasteiger partial charge >= 0.3 is 5.91 Å². The van der Waals surface area contributed by atoms with E-state index >= 15 is 0 Å². The number of hydrogen-bond acceptors (Lipinski definition) is 10. The van der Waals surface area contributed by atoms with Gasteiger partial charge in [0.1, 0.15) is 11.5 Å². The highest BCUT2D eigenvalue weighted by Crippen LogP contribution is 2.47. The Morgan fingerprint density at radius 3 is 2.51 bits per heavy atom. The standard InChI is InChI=1S/C28H21BrClN3O6S2/c1-38-17-9-7-14(8-10-17)23(34)21-22(16-11-18(29)24(35)20(12-16)39-2)33(26(37)25(21)36)27-31-32-28(41-27)40-13-15-5-3-4-6-19(15)30/h3-12,22,34-35H,13H2,1-2H3/b23-21-. The number of aliphatic hydroxyl groups excluding tert-OH is 1. The molecule has 1 saturated heterocycles. The van der Waals surface area contributed by atoms with Gasteiger partial charge in [-0.05, 0) is 69.5 Å². The largest absolute Gasteiger partial charge is 0.507 e. The van der Waals surface area contributed by atoms with E-state index in [1.54, 1.807) is 36.4 Å². The van der Waals surface area contributed by atoms with E-state index in [1.165, 1.54) is 36.9 Å². The van der Waals surface area contributed by atoms with Gasteiger partial charge in [-0.25, -0.2) is 0 Å². The minimum absolute atomic E-state index is 0.109. The minimum Gasteiger partial charge on any atom is -0.507 e. The van der Waals surface area contributed by atoms with Crippen LogP contribution in [-0.4, -0.2) is 46.3 Å². The number of amides is 1. The number of phenols is 1. The maximum atomic E-state index is 13.5. The molecule has 1 atom stereocenters. The quantitative estimate of drug-likeness (QED) is 0.0700. The number of aromatic hydroxyl groups is 1. The summed E-state index contributed by atoms with van der Waals surface area (Å²) in [5.41, 5.74) is 1.46. The lowest BCUT2D eigenvalue weighted by Crippen LogP contribution is -2.29. The summed E-state index contributed by atoms with van der Waals surface area (Å²) < 4.78 is 11.3. The Morgan fingerprint density at radius 1 is 1.10 bits per heavy atom. The second-order valence-corrected chi connectivity index (χ2v) is 12.1. The first-order valence-corrected chi connectivity index (χ1v) is 14.9. The number of benzene rings is 3. The third-order valence-corrected chi connectivity index (χ3v) is 9.38. The molecule has 1 amide bonds. The van der Waals surface area contributed by atoms with Crippen molar-refractivity contribution in [3.63, 3.8) is 0 Å². The molecule has 4 aromatic rings. The molecule has 2 N–H and O–H groups in total. The Bertz CT molecular complexity index is 1680. The Kier molecular flexibility index (Phi) is 8.55. The molecule has 3 aromatic carbocycles. The molecule has 0 bridgehead atoms. The van der Waals surface area contributed by atoms with E-state index in [9.17, 15) is 19.8 Å². The number of rotatable bonds is 8. The summed E-state index contributed by atoms with van der Waals surface area (Å²) in [6.07, 6.45) is 0. The average Bonchev–Trinajstić information content (AvgIpc) is 3.55. The van der Waals surface area contributed by atoms with Crippen LogP contribution in [-0.2, 0) is 15.3 Å². The zero-order chi connectivity index (χ0) is 29.3. The minimum atomic E-state index is -1.10. The first-order valence-electron chi connectivity index (χ1n) is 11.9. The summed E-state index contributed by atoms with van der Waals surface area (Å²) in [4.78, 5) is 28.2. The number of phenolic OH excluding ortho intramolecular Hbond substituents is 1. The number of Topliss-reactive ketones (excluding diaryl/α,β-unsaturated/α-hetero) is 1. The van der Waals surface area contributed by atoms with Crippen molar-refractivity contribution in [3.8, 4) is 17.2 Å². The number of ketones is 1. The normalized spacial score (nSPS) is 16.3. The van der Waals surface area contributed by atoms with Crippen LogP contribution in [0.25, 0.3) is 5.76 Å². The third kappa shape index (κ3) is 5.65. The molecule has 210 valence electrons. The van der Waals surface area contributed by atoms with E-state index in [1.807, 2.05) is 18.2 Å². The van der Waals surface area contributed by atoms with Crippen LogP contribution in [0.15, 0.2) is 75.0 Å². The van der Waals surface area contributed by atoms with E-state index in [4.69, 9.17) is 21.1 Å². The monoisotopic (exact) mass is 673 g/mol. The summed E-state index contributed by atoms with van der Waals surface area (Å²) >= 11 is 12.1. The van der Waals surface area contributed by atoms with Crippen LogP contribution in [0.2, 0.25) is 5.02 Å². The van der Waals surface area contributed by atoms with Crippen molar-refractivity contribution in [1.29, 1.82) is 0 Å². The predicted molar refractivity (Wildman–Crippen MR) is 161 cm³/mol. The number of ether oxygens (including phenoxy) is 2. The van der Waals surface area contributed by atoms with Crippen LogP contribution < -0.4 is 14.4 Å². The van der Waals surface area contributed by atoms with Gasteiger partial charge in [-0.15, -0.1) is 10.2 Å². The van der Waals surface area contributed by atoms with Gasteiger partial charge in [0.2, 0.25) is 5.13 Å². The summed E-state index contributed by atoms with van der Waals surface area (Å²) in [5, 5.41) is 31.0. The van der Waals surface area contributed by atoms with Gasteiger partial charge < -0.3 is 19.7 Å². The molecule has 0 radical (unpaired) electrons. The Labute approximate surface area is 256 Å². The molecule has 0 spiro atoms. The zero-order valence-electron chi connectivity index (χ0n) is 21.5. The Morgan fingerprint density at radius 2 is 1.83 bits per heavy atom. The average molecular weight is 675 g/mol. The van der Waals surface area contributed by atoms with Gasteiger partial charge in [0.15, 0.2) is 15.8 Å². The fourth-order valence-electron chi connectivity index (χ4n) is 4.27. The summed E-state index contributed by atoms with van der Waals surface area (Å²) in [6.45, 7) is 0. The zero-order valence-corrected chi connectivity index (χ0v) is 25.5. The molecular formula is C28H21BrClN3O6S2. The molecule has 9 nitrogen and oxygen atoms in total. The van der Waals surface area contributed by atoms with Gasteiger partial charge in [0.25, 0.3) is 5.78 Å². The molecule has 13 heteroatoms. The summed E-state index contributed by atoms with van der Waals surface area (Å²) in [7, 11) is 2.90. The van der Waals surface area contributed by atoms with Crippen molar-refractivity contribution >= 4 is 73.2 Å². The van der Waals surface area contributed by atoms with Gasteiger partial charge in [-0.1, -0.05) is 52.9 Å². The van der Waals surface area contributed by atoms with Crippen molar-refractivity contribution < 1.29 is 29.3 Å². The molecule has 0 aliphatic carbocycles. The topological polar surface area (TPSA) is 122 Å². The summed E-state index contributed by atoms with van der Waals surface area (Å²) in [5.74, 6) is -1.12. The van der Waals surface area contributed by atoms with Crippen molar-refractivity contribution in [1.82, 2.24) is 10.2 Å². The first-order chi connectivity index (χ1) is 19.7. The van der Waals surface area contributed by atoms with Crippen molar-refractivity contribution in [2.24, 2.45) is 0 Å². The lowest BCUT2D eigenvalue weighted by atomic mass is 9.95. The number of anilines is 1. The lowest BCUT2D eigenvalue weighted by molar-refractivity contribution is -0.132. The maximum Gasteiger partial charge on any atom is 0.301 e.